The molecular formula is C5H6F5. The zero-order chi connectivity index (χ0) is 8.41. The first-order valence-corrected chi connectivity index (χ1v) is 2.51. The molecule has 0 nitrogen and oxygen atoms in total. The average Bonchev–Trinajstić information content (AvgIpc) is 1.57. The Kier molecular flexibility index (Phi) is 2.62. The van der Waals surface area contributed by atoms with Gasteiger partial charge >= 0.3 is 6.18 Å². The summed E-state index contributed by atoms with van der Waals surface area (Å²) < 4.78 is 57.0. The highest BCUT2D eigenvalue weighted by molar-refractivity contribution is 4.69. The largest absolute Gasteiger partial charge is 0.389 e. The number of hydrogen-bond donors (Lipinski definition) is 0. The standard InChI is InChI=1S/C5H6F5/c1-4(6,7)2-3-5(8,9)10/h1-3H2. The van der Waals surface area contributed by atoms with Crippen LogP contribution in [0.3, 0.4) is 0 Å². The molecule has 0 saturated carbocycles. The molecule has 0 spiro atoms. The van der Waals surface area contributed by atoms with E-state index in [1.54, 1.807) is 0 Å². The van der Waals surface area contributed by atoms with E-state index in [9.17, 15) is 22.0 Å². The van der Waals surface area contributed by atoms with Crippen molar-refractivity contribution < 1.29 is 22.0 Å². The van der Waals surface area contributed by atoms with Crippen molar-refractivity contribution in [1.29, 1.82) is 0 Å². The lowest BCUT2D eigenvalue weighted by molar-refractivity contribution is -0.146. The Hall–Kier alpha value is -0.350. The Morgan fingerprint density at radius 1 is 0.900 bits per heavy atom. The lowest BCUT2D eigenvalue weighted by Crippen LogP contribution is -2.16. The SMILES string of the molecule is [CH2]C(F)(F)CCC(F)(F)F. The smallest absolute Gasteiger partial charge is 0.207 e. The molecule has 0 saturated heterocycles. The summed E-state index contributed by atoms with van der Waals surface area (Å²) >= 11 is 0. The summed E-state index contributed by atoms with van der Waals surface area (Å²) in [4.78, 5) is 0. The van der Waals surface area contributed by atoms with Crippen LogP contribution in [0.4, 0.5) is 22.0 Å². The molecule has 0 heterocycles. The van der Waals surface area contributed by atoms with Gasteiger partial charge in [-0.05, 0) is 0 Å². The fraction of sp³-hybridized carbons (Fsp3) is 0.800. The number of hydrogen-bond acceptors (Lipinski definition) is 0. The Morgan fingerprint density at radius 3 is 1.40 bits per heavy atom. The van der Waals surface area contributed by atoms with E-state index in [0.29, 0.717) is 0 Å². The topological polar surface area (TPSA) is 0 Å². The molecule has 61 valence electrons. The van der Waals surface area contributed by atoms with Crippen molar-refractivity contribution in [2.75, 3.05) is 0 Å². The lowest BCUT2D eigenvalue weighted by atomic mass is 10.2. The first kappa shape index (κ1) is 9.65. The van der Waals surface area contributed by atoms with Crippen LogP contribution in [0.25, 0.3) is 0 Å². The normalized spacial score (nSPS) is 13.8. The molecule has 0 unspecified atom stereocenters. The van der Waals surface area contributed by atoms with Gasteiger partial charge < -0.3 is 0 Å². The van der Waals surface area contributed by atoms with Gasteiger partial charge in [-0.25, -0.2) is 8.78 Å². The van der Waals surface area contributed by atoms with Gasteiger partial charge in [-0.3, -0.25) is 0 Å². The maximum Gasteiger partial charge on any atom is 0.389 e. The molecule has 0 fully saturated rings. The molecule has 0 amide bonds. The minimum Gasteiger partial charge on any atom is -0.207 e. The third kappa shape index (κ3) is 7.65. The maximum atomic E-state index is 11.6. The quantitative estimate of drug-likeness (QED) is 0.546. The van der Waals surface area contributed by atoms with E-state index in [0.717, 1.165) is 0 Å². The van der Waals surface area contributed by atoms with Crippen LogP contribution in [0.5, 0.6) is 0 Å². The maximum absolute atomic E-state index is 11.6. The second-order valence-electron chi connectivity index (χ2n) is 1.97. The van der Waals surface area contributed by atoms with Crippen LogP contribution in [0, 0.1) is 6.92 Å². The second-order valence-corrected chi connectivity index (χ2v) is 1.97. The van der Waals surface area contributed by atoms with Gasteiger partial charge in [0.1, 0.15) is 0 Å². The molecule has 0 aromatic carbocycles. The third-order valence-corrected chi connectivity index (χ3v) is 0.774. The zero-order valence-electron chi connectivity index (χ0n) is 5.01. The first-order valence-electron chi connectivity index (χ1n) is 2.51. The van der Waals surface area contributed by atoms with Gasteiger partial charge in [-0.2, -0.15) is 13.2 Å². The highest BCUT2D eigenvalue weighted by atomic mass is 19.4. The van der Waals surface area contributed by atoms with Crippen molar-refractivity contribution in [2.24, 2.45) is 0 Å². The van der Waals surface area contributed by atoms with Gasteiger partial charge in [0, 0.05) is 19.8 Å². The van der Waals surface area contributed by atoms with E-state index in [4.69, 9.17) is 0 Å². The van der Waals surface area contributed by atoms with Crippen molar-refractivity contribution in [3.63, 3.8) is 0 Å². The summed E-state index contributed by atoms with van der Waals surface area (Å²) in [7, 11) is 0. The predicted molar refractivity (Wildman–Crippen MR) is 25.6 cm³/mol. The zero-order valence-corrected chi connectivity index (χ0v) is 5.01. The van der Waals surface area contributed by atoms with Gasteiger partial charge in [0.05, 0.1) is 0 Å². The average molecular weight is 161 g/mol. The first-order chi connectivity index (χ1) is 4.21. The highest BCUT2D eigenvalue weighted by Crippen LogP contribution is 2.27. The molecule has 5 heteroatoms. The van der Waals surface area contributed by atoms with Gasteiger partial charge in [0.15, 0.2) is 0 Å². The lowest BCUT2D eigenvalue weighted by Gasteiger charge is -2.10. The predicted octanol–water partition coefficient (Wildman–Crippen LogP) is 2.80. The molecular weight excluding hydrogens is 155 g/mol. The fourth-order valence-corrected chi connectivity index (χ4v) is 0.325. The van der Waals surface area contributed by atoms with Crippen LogP contribution in [0.15, 0.2) is 0 Å². The Labute approximate surface area is 55.0 Å². The number of alkyl halides is 5. The number of rotatable bonds is 2. The molecule has 0 aliphatic rings. The fourth-order valence-electron chi connectivity index (χ4n) is 0.325. The summed E-state index contributed by atoms with van der Waals surface area (Å²) in [6.45, 7) is 2.24. The van der Waals surface area contributed by atoms with Crippen molar-refractivity contribution >= 4 is 0 Å². The summed E-state index contributed by atoms with van der Waals surface area (Å²) in [5, 5.41) is 0. The molecule has 0 aromatic heterocycles. The van der Waals surface area contributed by atoms with Crippen LogP contribution >= 0.6 is 0 Å². The summed E-state index contributed by atoms with van der Waals surface area (Å²) in [6, 6.07) is 0. The molecule has 0 aromatic rings. The molecule has 10 heavy (non-hydrogen) atoms. The molecule has 0 aliphatic carbocycles. The van der Waals surface area contributed by atoms with Crippen LogP contribution in [0.2, 0.25) is 0 Å². The van der Waals surface area contributed by atoms with E-state index in [1.165, 1.54) is 0 Å². The van der Waals surface area contributed by atoms with E-state index < -0.39 is 24.9 Å². The molecule has 0 N–H and O–H groups in total. The Morgan fingerprint density at radius 2 is 1.30 bits per heavy atom. The van der Waals surface area contributed by atoms with Crippen LogP contribution in [-0.2, 0) is 0 Å². The highest BCUT2D eigenvalue weighted by Gasteiger charge is 2.33. The molecule has 0 atom stereocenters. The molecule has 0 aliphatic heterocycles. The van der Waals surface area contributed by atoms with E-state index in [-0.39, 0.29) is 0 Å². The van der Waals surface area contributed by atoms with Gasteiger partial charge in [0.2, 0.25) is 5.92 Å². The van der Waals surface area contributed by atoms with Crippen molar-refractivity contribution in [1.82, 2.24) is 0 Å². The second kappa shape index (κ2) is 2.72. The molecule has 0 bridgehead atoms. The summed E-state index contributed by atoms with van der Waals surface area (Å²) in [5.41, 5.74) is 0. The monoisotopic (exact) mass is 161 g/mol. The van der Waals surface area contributed by atoms with Crippen molar-refractivity contribution in [2.45, 2.75) is 24.9 Å². The minimum atomic E-state index is -4.51. The van der Waals surface area contributed by atoms with E-state index in [1.807, 2.05) is 0 Å². The van der Waals surface area contributed by atoms with Gasteiger partial charge in [-0.1, -0.05) is 0 Å². The van der Waals surface area contributed by atoms with E-state index >= 15 is 0 Å². The minimum absolute atomic E-state index is 1.24. The summed E-state index contributed by atoms with van der Waals surface area (Å²) in [5.74, 6) is -3.46. The van der Waals surface area contributed by atoms with Gasteiger partial charge in [0.25, 0.3) is 0 Å². The molecule has 0 rings (SSSR count). The van der Waals surface area contributed by atoms with Crippen molar-refractivity contribution in [3.8, 4) is 0 Å². The Bertz CT molecular complexity index is 83.6. The van der Waals surface area contributed by atoms with Crippen LogP contribution in [-0.4, -0.2) is 12.1 Å². The van der Waals surface area contributed by atoms with Gasteiger partial charge in [-0.15, -0.1) is 0 Å². The van der Waals surface area contributed by atoms with Crippen molar-refractivity contribution in [3.05, 3.63) is 6.92 Å². The Balaban J connectivity index is 3.56. The number of halogens is 5. The van der Waals surface area contributed by atoms with Crippen LogP contribution < -0.4 is 0 Å². The van der Waals surface area contributed by atoms with E-state index in [2.05, 4.69) is 6.92 Å². The van der Waals surface area contributed by atoms with Crippen LogP contribution in [0.1, 0.15) is 12.8 Å². The third-order valence-electron chi connectivity index (χ3n) is 0.774. The molecule has 1 radical (unpaired) electrons. The summed E-state index contributed by atoms with van der Waals surface area (Å²) in [6.07, 6.45) is -7.24.